The molecule has 6 heteroatoms. The summed E-state index contributed by atoms with van der Waals surface area (Å²) in [5.41, 5.74) is 0.589. The largest absolute Gasteiger partial charge is 0.494 e. The van der Waals surface area contributed by atoms with Crippen LogP contribution in [0.2, 0.25) is 0 Å². The molecule has 0 unspecified atom stereocenters. The number of benzene rings is 1. The van der Waals surface area contributed by atoms with Crippen LogP contribution in [0.15, 0.2) is 12.1 Å². The minimum Gasteiger partial charge on any atom is -0.399 e. The molecular weight excluding hydrogens is 296 g/mol. The van der Waals surface area contributed by atoms with Crippen molar-refractivity contribution in [2.24, 2.45) is 5.41 Å². The lowest BCUT2D eigenvalue weighted by atomic mass is 9.76. The fraction of sp³-hybridized carbons (Fsp3) is 0.588. The molecule has 122 valence electrons. The molecule has 1 aromatic carbocycles. The van der Waals surface area contributed by atoms with E-state index in [2.05, 4.69) is 5.32 Å². The quantitative estimate of drug-likeness (QED) is 0.809. The van der Waals surface area contributed by atoms with Gasteiger partial charge >= 0.3 is 7.12 Å². The van der Waals surface area contributed by atoms with E-state index < -0.39 is 24.1 Å². The van der Waals surface area contributed by atoms with Crippen LogP contribution in [-0.2, 0) is 20.5 Å². The number of carbonyl (C=O) groups excluding carboxylic acids is 1. The lowest BCUT2D eigenvalue weighted by Crippen LogP contribution is -2.41. The van der Waals surface area contributed by atoms with Gasteiger partial charge in [-0.3, -0.25) is 4.79 Å². The molecule has 0 atom stereocenters. The van der Waals surface area contributed by atoms with Crippen LogP contribution in [0.1, 0.15) is 46.1 Å². The minimum atomic E-state index is -0.590. The van der Waals surface area contributed by atoms with E-state index >= 15 is 0 Å². The predicted octanol–water partition coefficient (Wildman–Crippen LogP) is 2.40. The first kappa shape index (κ1) is 15.2. The van der Waals surface area contributed by atoms with Gasteiger partial charge in [0, 0.05) is 0 Å². The number of amides is 1. The third-order valence-corrected chi connectivity index (χ3v) is 5.82. The number of hydrogen-bond donors (Lipinski definition) is 1. The minimum absolute atomic E-state index is 0.0488. The average molecular weight is 317 g/mol. The van der Waals surface area contributed by atoms with Crippen molar-refractivity contribution in [1.29, 1.82) is 0 Å². The van der Waals surface area contributed by atoms with E-state index in [0.717, 1.165) is 18.4 Å². The van der Waals surface area contributed by atoms with E-state index in [4.69, 9.17) is 9.31 Å². The van der Waals surface area contributed by atoms with Crippen molar-refractivity contribution in [2.45, 2.75) is 58.2 Å². The predicted molar refractivity (Wildman–Crippen MR) is 86.1 cm³/mol. The van der Waals surface area contributed by atoms with E-state index in [-0.39, 0.29) is 11.3 Å². The molecule has 1 amide bonds. The Balaban J connectivity index is 1.70. The van der Waals surface area contributed by atoms with Gasteiger partial charge in [-0.05, 0) is 64.1 Å². The Kier molecular flexibility index (Phi) is 2.87. The Bertz CT molecular complexity index is 696. The van der Waals surface area contributed by atoms with Crippen LogP contribution in [0.3, 0.4) is 0 Å². The Morgan fingerprint density at radius 1 is 1.13 bits per heavy atom. The van der Waals surface area contributed by atoms with Crippen LogP contribution in [0.25, 0.3) is 0 Å². The third-order valence-electron chi connectivity index (χ3n) is 5.82. The van der Waals surface area contributed by atoms with Crippen molar-refractivity contribution in [3.8, 4) is 0 Å². The lowest BCUT2D eigenvalue weighted by Gasteiger charge is -2.32. The van der Waals surface area contributed by atoms with Gasteiger partial charge in [0.15, 0.2) is 0 Å². The summed E-state index contributed by atoms with van der Waals surface area (Å²) < 4.78 is 26.5. The van der Waals surface area contributed by atoms with Gasteiger partial charge in [0.25, 0.3) is 0 Å². The molecule has 2 aliphatic heterocycles. The topological polar surface area (TPSA) is 47.6 Å². The number of fused-ring (bicyclic) bond motifs is 1. The molecule has 0 aromatic heterocycles. The molecule has 0 bridgehead atoms. The summed E-state index contributed by atoms with van der Waals surface area (Å²) in [6, 6.07) is 3.33. The maximum absolute atomic E-state index is 14.5. The van der Waals surface area contributed by atoms with Crippen LogP contribution >= 0.6 is 0 Å². The molecule has 1 aliphatic carbocycles. The molecular formula is C17H21BFNO3. The molecule has 4 nitrogen and oxygen atoms in total. The van der Waals surface area contributed by atoms with Gasteiger partial charge in [-0.2, -0.15) is 0 Å². The summed E-state index contributed by atoms with van der Waals surface area (Å²) in [4.78, 5) is 12.1. The lowest BCUT2D eigenvalue weighted by molar-refractivity contribution is -0.121. The highest BCUT2D eigenvalue weighted by atomic mass is 19.1. The second-order valence-corrected chi connectivity index (χ2v) is 8.04. The summed E-state index contributed by atoms with van der Waals surface area (Å²) in [5.74, 6) is -0.469. The molecule has 23 heavy (non-hydrogen) atoms. The fourth-order valence-corrected chi connectivity index (χ4v) is 3.33. The molecule has 4 rings (SSSR count). The number of rotatable bonds is 1. The van der Waals surface area contributed by atoms with E-state index in [0.29, 0.717) is 17.6 Å². The summed E-state index contributed by atoms with van der Waals surface area (Å²) in [6.45, 7) is 7.89. The first-order valence-electron chi connectivity index (χ1n) is 8.13. The number of halogens is 1. The molecule has 1 aromatic rings. The van der Waals surface area contributed by atoms with Crippen molar-refractivity contribution >= 4 is 24.2 Å². The SMILES string of the molecule is CC1(C)OB(c2cc(F)c3c(c2)CC2(CC2)C(=O)N3)OC1(C)C. The number of carbonyl (C=O) groups is 1. The first-order chi connectivity index (χ1) is 10.6. The number of hydrogen-bond acceptors (Lipinski definition) is 3. The normalized spacial score (nSPS) is 26.1. The van der Waals surface area contributed by atoms with E-state index in [9.17, 15) is 9.18 Å². The Hall–Kier alpha value is -1.40. The molecule has 1 saturated carbocycles. The van der Waals surface area contributed by atoms with Crippen molar-refractivity contribution in [3.05, 3.63) is 23.5 Å². The first-order valence-corrected chi connectivity index (χ1v) is 8.13. The van der Waals surface area contributed by atoms with Gasteiger partial charge in [-0.25, -0.2) is 4.39 Å². The van der Waals surface area contributed by atoms with Crippen molar-refractivity contribution < 1.29 is 18.5 Å². The fourth-order valence-electron chi connectivity index (χ4n) is 3.33. The van der Waals surface area contributed by atoms with Crippen LogP contribution < -0.4 is 10.8 Å². The zero-order valence-corrected chi connectivity index (χ0v) is 14.0. The highest BCUT2D eigenvalue weighted by Gasteiger charge is 2.54. The Labute approximate surface area is 135 Å². The van der Waals surface area contributed by atoms with Gasteiger partial charge in [0.05, 0.1) is 22.3 Å². The molecule has 1 N–H and O–H groups in total. The third kappa shape index (κ3) is 2.15. The van der Waals surface area contributed by atoms with Crippen LogP contribution in [0, 0.1) is 11.2 Å². The van der Waals surface area contributed by atoms with Gasteiger partial charge in [-0.1, -0.05) is 6.07 Å². The second kappa shape index (κ2) is 4.36. The standard InChI is InChI=1S/C17H21BFNO3/c1-15(2)16(3,4)23-18(22-15)11-7-10-9-17(5-6-17)14(21)20-13(10)12(19)8-11/h7-8H,5-6,9H2,1-4H3,(H,20,21). The summed E-state index contributed by atoms with van der Waals surface area (Å²) in [6.07, 6.45) is 2.35. The van der Waals surface area contributed by atoms with Crippen molar-refractivity contribution in [1.82, 2.24) is 0 Å². The molecule has 2 fully saturated rings. The molecule has 1 saturated heterocycles. The van der Waals surface area contributed by atoms with E-state index in [1.807, 2.05) is 33.8 Å². The molecule has 1 spiro atoms. The van der Waals surface area contributed by atoms with Crippen LogP contribution in [0.4, 0.5) is 10.1 Å². The molecule has 0 radical (unpaired) electrons. The highest BCUT2D eigenvalue weighted by Crippen LogP contribution is 2.52. The zero-order valence-electron chi connectivity index (χ0n) is 14.0. The average Bonchev–Trinajstić information content (AvgIpc) is 3.15. The summed E-state index contributed by atoms with van der Waals surface area (Å²) >= 11 is 0. The van der Waals surface area contributed by atoms with Crippen LogP contribution in [-0.4, -0.2) is 24.2 Å². The Morgan fingerprint density at radius 2 is 1.74 bits per heavy atom. The highest BCUT2D eigenvalue weighted by molar-refractivity contribution is 6.62. The zero-order chi connectivity index (χ0) is 16.6. The smallest absolute Gasteiger partial charge is 0.399 e. The molecule has 3 aliphatic rings. The monoisotopic (exact) mass is 317 g/mol. The van der Waals surface area contributed by atoms with Crippen molar-refractivity contribution in [3.63, 3.8) is 0 Å². The van der Waals surface area contributed by atoms with E-state index in [1.165, 1.54) is 6.07 Å². The number of anilines is 1. The van der Waals surface area contributed by atoms with Gasteiger partial charge in [0.2, 0.25) is 5.91 Å². The van der Waals surface area contributed by atoms with Gasteiger partial charge in [0.1, 0.15) is 5.82 Å². The van der Waals surface area contributed by atoms with E-state index in [1.54, 1.807) is 0 Å². The second-order valence-electron chi connectivity index (χ2n) is 8.04. The maximum atomic E-state index is 14.5. The summed E-state index contributed by atoms with van der Waals surface area (Å²) in [5, 5.41) is 2.74. The molecule has 2 heterocycles. The van der Waals surface area contributed by atoms with Gasteiger partial charge in [-0.15, -0.1) is 0 Å². The maximum Gasteiger partial charge on any atom is 0.494 e. The van der Waals surface area contributed by atoms with Gasteiger partial charge < -0.3 is 14.6 Å². The number of nitrogens with one attached hydrogen (secondary N) is 1. The van der Waals surface area contributed by atoms with Crippen LogP contribution in [0.5, 0.6) is 0 Å². The Morgan fingerprint density at radius 3 is 2.30 bits per heavy atom. The summed E-state index contributed by atoms with van der Waals surface area (Å²) in [7, 11) is -0.590. The van der Waals surface area contributed by atoms with Crippen molar-refractivity contribution in [2.75, 3.05) is 5.32 Å².